The van der Waals surface area contributed by atoms with E-state index in [1.807, 2.05) is 0 Å². The Hall–Kier alpha value is -1.89. The zero-order valence-electron chi connectivity index (χ0n) is 11.0. The van der Waals surface area contributed by atoms with E-state index in [2.05, 4.69) is 10.2 Å². The molecule has 3 rings (SSSR count). The topological polar surface area (TPSA) is 63.8 Å². The lowest BCUT2D eigenvalue weighted by molar-refractivity contribution is 0.550. The smallest absolute Gasteiger partial charge is 0.284 e. The molecule has 2 aromatic heterocycles. The highest BCUT2D eigenvalue weighted by molar-refractivity contribution is 7.71. The van der Waals surface area contributed by atoms with Gasteiger partial charge in [-0.3, -0.25) is 4.79 Å². The molecule has 0 unspecified atom stereocenters. The first-order valence-corrected chi connectivity index (χ1v) is 7.40. The van der Waals surface area contributed by atoms with Crippen molar-refractivity contribution in [2.75, 3.05) is 0 Å². The molecule has 3 aromatic rings. The van der Waals surface area contributed by atoms with Gasteiger partial charge in [-0.2, -0.15) is 0 Å². The quantitative estimate of drug-likeness (QED) is 0.725. The van der Waals surface area contributed by atoms with Gasteiger partial charge in [0.2, 0.25) is 0 Å². The van der Waals surface area contributed by atoms with Crippen molar-refractivity contribution < 1.29 is 4.42 Å². The minimum atomic E-state index is -0.251. The predicted molar refractivity (Wildman–Crippen MR) is 86.9 cm³/mol. The van der Waals surface area contributed by atoms with Gasteiger partial charge in [-0.15, -0.1) is 5.10 Å². The number of aromatic amines is 1. The van der Waals surface area contributed by atoms with Gasteiger partial charge in [0.15, 0.2) is 0 Å². The summed E-state index contributed by atoms with van der Waals surface area (Å²) in [4.78, 5) is 12.6. The summed E-state index contributed by atoms with van der Waals surface area (Å²) in [6.45, 7) is 0.313. The van der Waals surface area contributed by atoms with E-state index < -0.39 is 0 Å². The van der Waals surface area contributed by atoms with Gasteiger partial charge in [-0.1, -0.05) is 29.3 Å². The summed E-state index contributed by atoms with van der Waals surface area (Å²) < 4.78 is 6.70. The third-order valence-corrected chi connectivity index (χ3v) is 3.81. The van der Waals surface area contributed by atoms with E-state index in [0.717, 1.165) is 5.56 Å². The molecule has 0 fully saturated rings. The molecule has 112 valence electrons. The third kappa shape index (κ3) is 2.99. The largest absolute Gasteiger partial charge is 0.409 e. The number of aromatic nitrogens is 3. The minimum Gasteiger partial charge on any atom is -0.409 e. The normalized spacial score (nSPS) is 10.8. The number of halogens is 2. The van der Waals surface area contributed by atoms with Crippen LogP contribution < -0.4 is 5.56 Å². The van der Waals surface area contributed by atoms with E-state index >= 15 is 0 Å². The molecular formula is C14H9Cl2N3O2S. The summed E-state index contributed by atoms with van der Waals surface area (Å²) >= 11 is 16.8. The average molecular weight is 354 g/mol. The van der Waals surface area contributed by atoms with Gasteiger partial charge >= 0.3 is 0 Å². The predicted octanol–water partition coefficient (Wildman–Crippen LogP) is 3.92. The van der Waals surface area contributed by atoms with Gasteiger partial charge in [0.1, 0.15) is 5.56 Å². The highest BCUT2D eigenvalue weighted by Gasteiger charge is 2.12. The van der Waals surface area contributed by atoms with E-state index in [-0.39, 0.29) is 16.3 Å². The number of rotatable bonds is 3. The van der Waals surface area contributed by atoms with Crippen LogP contribution in [-0.4, -0.2) is 14.8 Å². The van der Waals surface area contributed by atoms with Crippen molar-refractivity contribution in [3.05, 3.63) is 67.3 Å². The van der Waals surface area contributed by atoms with Crippen LogP contribution >= 0.6 is 35.4 Å². The van der Waals surface area contributed by atoms with Crippen molar-refractivity contribution >= 4 is 35.4 Å². The number of hydrogen-bond acceptors (Lipinski definition) is 4. The molecule has 0 amide bonds. The summed E-state index contributed by atoms with van der Waals surface area (Å²) in [5.74, 6) is 0.159. The zero-order valence-corrected chi connectivity index (χ0v) is 13.4. The molecule has 0 bridgehead atoms. The summed E-state index contributed by atoms with van der Waals surface area (Å²) in [5.41, 5.74) is 0.854. The highest BCUT2D eigenvalue weighted by atomic mass is 35.5. The van der Waals surface area contributed by atoms with Crippen LogP contribution in [0.2, 0.25) is 10.0 Å². The molecule has 5 nitrogen and oxygen atoms in total. The fraction of sp³-hybridized carbons (Fsp3) is 0.0714. The van der Waals surface area contributed by atoms with E-state index in [0.29, 0.717) is 22.2 Å². The van der Waals surface area contributed by atoms with Gasteiger partial charge < -0.3 is 8.98 Å². The molecule has 2 heterocycles. The van der Waals surface area contributed by atoms with Crippen LogP contribution in [0.4, 0.5) is 0 Å². The molecule has 22 heavy (non-hydrogen) atoms. The molecule has 0 aliphatic heterocycles. The Morgan fingerprint density at radius 3 is 2.82 bits per heavy atom. The van der Waals surface area contributed by atoms with Crippen molar-refractivity contribution in [3.63, 3.8) is 0 Å². The molecule has 0 saturated heterocycles. The summed E-state index contributed by atoms with van der Waals surface area (Å²) in [6.07, 6.45) is 1.66. The maximum absolute atomic E-state index is 12.5. The number of nitrogens with one attached hydrogen (secondary N) is 1. The Balaban J connectivity index is 2.02. The van der Waals surface area contributed by atoms with Crippen LogP contribution in [0.15, 0.2) is 45.7 Å². The number of nitrogens with zero attached hydrogens (tertiary/aromatic N) is 2. The number of benzene rings is 1. The van der Waals surface area contributed by atoms with Gasteiger partial charge in [0, 0.05) is 16.2 Å². The summed E-state index contributed by atoms with van der Waals surface area (Å²) in [6, 6.07) is 8.50. The Kier molecular flexibility index (Phi) is 4.15. The fourth-order valence-corrected chi connectivity index (χ4v) is 2.60. The second-order valence-electron chi connectivity index (χ2n) is 4.51. The molecule has 0 spiro atoms. The van der Waals surface area contributed by atoms with Gasteiger partial charge in [0.25, 0.3) is 16.3 Å². The third-order valence-electron chi connectivity index (χ3n) is 3.04. The van der Waals surface area contributed by atoms with Crippen LogP contribution in [0.3, 0.4) is 0 Å². The molecule has 0 saturated carbocycles. The maximum Gasteiger partial charge on any atom is 0.284 e. The van der Waals surface area contributed by atoms with Gasteiger partial charge in [-0.05, 0) is 42.0 Å². The fourth-order valence-electron chi connectivity index (χ4n) is 2.00. The SMILES string of the molecule is O=c1c(-c2n[nH]c(=S)o2)cccn1Cc1ccc(Cl)cc1Cl. The maximum atomic E-state index is 12.5. The molecule has 0 atom stereocenters. The molecular weight excluding hydrogens is 345 g/mol. The average Bonchev–Trinajstić information content (AvgIpc) is 2.90. The van der Waals surface area contributed by atoms with Crippen molar-refractivity contribution in [2.45, 2.75) is 6.54 Å². The van der Waals surface area contributed by atoms with Crippen LogP contribution in [0.1, 0.15) is 5.56 Å². The zero-order chi connectivity index (χ0) is 15.7. The Morgan fingerprint density at radius 2 is 2.14 bits per heavy atom. The van der Waals surface area contributed by atoms with Crippen molar-refractivity contribution in [2.24, 2.45) is 0 Å². The Labute approximate surface area is 140 Å². The Bertz CT molecular complexity index is 946. The monoisotopic (exact) mass is 353 g/mol. The van der Waals surface area contributed by atoms with E-state index in [1.54, 1.807) is 36.5 Å². The molecule has 1 aromatic carbocycles. The van der Waals surface area contributed by atoms with E-state index in [1.165, 1.54) is 4.57 Å². The molecule has 0 aliphatic carbocycles. The van der Waals surface area contributed by atoms with Crippen molar-refractivity contribution in [1.82, 2.24) is 14.8 Å². The van der Waals surface area contributed by atoms with Crippen LogP contribution in [-0.2, 0) is 6.54 Å². The van der Waals surface area contributed by atoms with Crippen molar-refractivity contribution in [1.29, 1.82) is 0 Å². The standard InChI is InChI=1S/C14H9Cl2N3O2S/c15-9-4-3-8(11(16)6-9)7-19-5-1-2-10(13(19)20)12-17-18-14(22)21-12/h1-6H,7H2,(H,18,22). The lowest BCUT2D eigenvalue weighted by Gasteiger charge is -2.08. The van der Waals surface area contributed by atoms with Gasteiger partial charge in [-0.25, -0.2) is 5.10 Å². The first-order chi connectivity index (χ1) is 10.5. The highest BCUT2D eigenvalue weighted by Crippen LogP contribution is 2.21. The lowest BCUT2D eigenvalue weighted by Crippen LogP contribution is -2.21. The van der Waals surface area contributed by atoms with Crippen LogP contribution in [0.25, 0.3) is 11.5 Å². The second kappa shape index (κ2) is 6.08. The number of pyridine rings is 1. The number of H-pyrrole nitrogens is 1. The lowest BCUT2D eigenvalue weighted by atomic mass is 10.2. The van der Waals surface area contributed by atoms with Crippen LogP contribution in [0, 0.1) is 4.84 Å². The molecule has 1 N–H and O–H groups in total. The van der Waals surface area contributed by atoms with E-state index in [4.69, 9.17) is 39.8 Å². The van der Waals surface area contributed by atoms with Crippen LogP contribution in [0.5, 0.6) is 0 Å². The minimum absolute atomic E-state index is 0.116. The van der Waals surface area contributed by atoms with E-state index in [9.17, 15) is 4.79 Å². The second-order valence-corrected chi connectivity index (χ2v) is 5.72. The van der Waals surface area contributed by atoms with Gasteiger partial charge in [0.05, 0.1) is 6.54 Å². The van der Waals surface area contributed by atoms with Crippen molar-refractivity contribution in [3.8, 4) is 11.5 Å². The summed E-state index contributed by atoms with van der Waals surface area (Å²) in [5, 5.41) is 7.41. The number of hydrogen-bond donors (Lipinski definition) is 1. The molecule has 0 radical (unpaired) electrons. The Morgan fingerprint density at radius 1 is 1.32 bits per heavy atom. The molecule has 8 heteroatoms. The molecule has 0 aliphatic rings. The first kappa shape index (κ1) is 15.0. The first-order valence-electron chi connectivity index (χ1n) is 6.24. The summed E-state index contributed by atoms with van der Waals surface area (Å²) in [7, 11) is 0.